The van der Waals surface area contributed by atoms with Crippen LogP contribution in [0.1, 0.15) is 70.5 Å². The van der Waals surface area contributed by atoms with Crippen LogP contribution in [0.3, 0.4) is 0 Å². The number of aliphatic hydroxyl groups excluding tert-OH is 1. The third-order valence-electron chi connectivity index (χ3n) is 6.01. The zero-order valence-corrected chi connectivity index (χ0v) is 22.8. The molecule has 0 spiro atoms. The largest absolute Gasteiger partial charge is 0.503 e. The van der Waals surface area contributed by atoms with Gasteiger partial charge in [-0.2, -0.15) is 0 Å². The van der Waals surface area contributed by atoms with Crippen molar-refractivity contribution in [1.29, 1.82) is 0 Å². The maximum Gasteiger partial charge on any atom is 0.350 e. The Morgan fingerprint density at radius 2 is 1.97 bits per heavy atom. The van der Waals surface area contributed by atoms with Crippen LogP contribution >= 0.6 is 11.3 Å². The number of aliphatic hydroxyl groups is 1. The van der Waals surface area contributed by atoms with Gasteiger partial charge in [-0.25, -0.2) is 9.78 Å². The van der Waals surface area contributed by atoms with Crippen LogP contribution in [0.2, 0.25) is 0 Å². The van der Waals surface area contributed by atoms with Gasteiger partial charge in [-0.15, -0.1) is 0 Å². The minimum Gasteiger partial charge on any atom is -0.503 e. The number of aryl methyl sites for hydroxylation is 2. The number of esters is 1. The molecular weight excluding hydrogens is 508 g/mol. The first-order valence-electron chi connectivity index (χ1n) is 12.4. The summed E-state index contributed by atoms with van der Waals surface area (Å²) >= 11 is 0.960. The number of carbonyl (C=O) groups excluding carboxylic acids is 3. The molecule has 2 aromatic heterocycles. The van der Waals surface area contributed by atoms with E-state index in [1.165, 1.54) is 11.0 Å². The van der Waals surface area contributed by atoms with E-state index in [4.69, 9.17) is 13.9 Å². The van der Waals surface area contributed by atoms with Crippen LogP contribution < -0.4 is 9.64 Å². The van der Waals surface area contributed by atoms with E-state index in [0.717, 1.165) is 17.8 Å². The van der Waals surface area contributed by atoms with Crippen molar-refractivity contribution in [2.24, 2.45) is 5.92 Å². The van der Waals surface area contributed by atoms with E-state index < -0.39 is 29.5 Å². The summed E-state index contributed by atoms with van der Waals surface area (Å²) in [6.45, 7) is 9.92. The van der Waals surface area contributed by atoms with Crippen LogP contribution in [-0.4, -0.2) is 41.0 Å². The fraction of sp³-hybridized carbons (Fsp3) is 0.357. The van der Waals surface area contributed by atoms with Crippen LogP contribution in [0.15, 0.2) is 52.1 Å². The van der Waals surface area contributed by atoms with E-state index >= 15 is 0 Å². The number of ketones is 1. The number of Topliss-reactive ketones (excluding diaryl/α,β-unsaturated/α-hetero) is 1. The van der Waals surface area contributed by atoms with Crippen LogP contribution in [0, 0.1) is 19.8 Å². The number of aromatic nitrogens is 1. The fourth-order valence-corrected chi connectivity index (χ4v) is 5.08. The second-order valence-electron chi connectivity index (χ2n) is 9.31. The molecule has 0 saturated heterocycles. The maximum atomic E-state index is 13.6. The lowest BCUT2D eigenvalue weighted by Crippen LogP contribution is -2.31. The summed E-state index contributed by atoms with van der Waals surface area (Å²) in [5, 5.41) is 11.1. The number of furan rings is 1. The van der Waals surface area contributed by atoms with E-state index in [1.54, 1.807) is 51.1 Å². The van der Waals surface area contributed by atoms with Crippen molar-refractivity contribution in [3.8, 4) is 5.75 Å². The molecule has 1 atom stereocenters. The van der Waals surface area contributed by atoms with Gasteiger partial charge in [0.05, 0.1) is 30.5 Å². The van der Waals surface area contributed by atoms with Crippen LogP contribution in [-0.2, 0) is 9.53 Å². The number of hydrogen-bond acceptors (Lipinski definition) is 9. The highest BCUT2D eigenvalue weighted by atomic mass is 32.1. The molecule has 1 unspecified atom stereocenters. The molecular formula is C28H30N2O7S. The Kier molecular flexibility index (Phi) is 8.01. The first-order chi connectivity index (χ1) is 18.1. The lowest BCUT2D eigenvalue weighted by molar-refractivity contribution is -0.117. The summed E-state index contributed by atoms with van der Waals surface area (Å²) < 4.78 is 16.6. The number of thiazole rings is 1. The molecule has 200 valence electrons. The summed E-state index contributed by atoms with van der Waals surface area (Å²) in [6.07, 6.45) is 0.857. The predicted octanol–water partition coefficient (Wildman–Crippen LogP) is 5.74. The Balaban J connectivity index is 1.80. The molecule has 1 amide bonds. The molecule has 0 radical (unpaired) electrons. The maximum absolute atomic E-state index is 13.6. The second kappa shape index (κ2) is 11.2. The van der Waals surface area contributed by atoms with E-state index in [-0.39, 0.29) is 27.9 Å². The number of benzene rings is 1. The molecule has 38 heavy (non-hydrogen) atoms. The predicted molar refractivity (Wildman–Crippen MR) is 142 cm³/mol. The number of rotatable bonds is 10. The second-order valence-corrected chi connectivity index (χ2v) is 10.3. The quantitative estimate of drug-likeness (QED) is 0.256. The topological polar surface area (TPSA) is 119 Å². The third kappa shape index (κ3) is 5.35. The minimum absolute atomic E-state index is 0.00410. The lowest BCUT2D eigenvalue weighted by atomic mass is 9.95. The first-order valence-corrected chi connectivity index (χ1v) is 13.2. The van der Waals surface area contributed by atoms with E-state index in [9.17, 15) is 19.5 Å². The molecule has 0 saturated carbocycles. The van der Waals surface area contributed by atoms with Crippen LogP contribution in [0.4, 0.5) is 5.13 Å². The Hall–Kier alpha value is -3.92. The van der Waals surface area contributed by atoms with Gasteiger partial charge in [-0.1, -0.05) is 37.3 Å². The van der Waals surface area contributed by atoms with Crippen molar-refractivity contribution in [3.05, 3.63) is 75.4 Å². The van der Waals surface area contributed by atoms with Crippen molar-refractivity contribution in [3.63, 3.8) is 0 Å². The normalized spacial score (nSPS) is 15.5. The summed E-state index contributed by atoms with van der Waals surface area (Å²) in [5.74, 6) is -1.16. The zero-order chi connectivity index (χ0) is 27.6. The van der Waals surface area contributed by atoms with E-state index in [2.05, 4.69) is 18.8 Å². The standard InChI is InChI=1S/C28H30N2O7S/c1-6-35-27(34)25-17(5)29-28(38-25)30-22(18-8-7-9-19(14-18)36-13-12-15(2)3)21(24(32)26(30)33)23(31)20-11-10-16(4)37-20/h7-11,14-15,22,32H,6,12-13H2,1-5H3. The van der Waals surface area contributed by atoms with Gasteiger partial charge in [-0.3, -0.25) is 14.5 Å². The van der Waals surface area contributed by atoms with Gasteiger partial charge in [0, 0.05) is 0 Å². The lowest BCUT2D eigenvalue weighted by Gasteiger charge is -2.24. The highest BCUT2D eigenvalue weighted by Crippen LogP contribution is 2.44. The molecule has 3 heterocycles. The SMILES string of the molecule is CCOC(=O)c1sc(N2C(=O)C(O)=C(C(=O)c3ccc(C)o3)C2c2cccc(OCCC(C)C)c2)nc1C. The monoisotopic (exact) mass is 538 g/mol. The van der Waals surface area contributed by atoms with Crippen molar-refractivity contribution in [1.82, 2.24) is 4.98 Å². The zero-order valence-electron chi connectivity index (χ0n) is 21.9. The van der Waals surface area contributed by atoms with Crippen molar-refractivity contribution in [2.75, 3.05) is 18.1 Å². The Labute approximate surface area is 224 Å². The number of hydrogen-bond donors (Lipinski definition) is 1. The Morgan fingerprint density at radius 1 is 1.21 bits per heavy atom. The van der Waals surface area contributed by atoms with Crippen molar-refractivity contribution in [2.45, 2.75) is 47.1 Å². The molecule has 1 aliphatic rings. The summed E-state index contributed by atoms with van der Waals surface area (Å²) in [6, 6.07) is 9.12. The number of ether oxygens (including phenoxy) is 2. The highest BCUT2D eigenvalue weighted by molar-refractivity contribution is 7.17. The number of anilines is 1. The molecule has 0 bridgehead atoms. The summed E-state index contributed by atoms with van der Waals surface area (Å²) in [7, 11) is 0. The van der Waals surface area contributed by atoms with Crippen LogP contribution in [0.5, 0.6) is 5.75 Å². The van der Waals surface area contributed by atoms with Crippen LogP contribution in [0.25, 0.3) is 0 Å². The average Bonchev–Trinajstić information content (AvgIpc) is 3.55. The number of amides is 1. The molecule has 1 aliphatic heterocycles. The molecule has 1 aromatic carbocycles. The highest BCUT2D eigenvalue weighted by Gasteiger charge is 2.47. The van der Waals surface area contributed by atoms with Gasteiger partial charge in [0.15, 0.2) is 16.7 Å². The Bertz CT molecular complexity index is 1400. The molecule has 4 rings (SSSR count). The van der Waals surface area contributed by atoms with E-state index in [1.807, 2.05) is 0 Å². The third-order valence-corrected chi connectivity index (χ3v) is 7.14. The number of nitrogens with zero attached hydrogens (tertiary/aromatic N) is 2. The van der Waals surface area contributed by atoms with Gasteiger partial charge in [0.2, 0.25) is 5.78 Å². The molecule has 0 fully saturated rings. The van der Waals surface area contributed by atoms with Gasteiger partial charge < -0.3 is 19.0 Å². The minimum atomic E-state index is -1.03. The Morgan fingerprint density at radius 3 is 2.63 bits per heavy atom. The van der Waals surface area contributed by atoms with Crippen molar-refractivity contribution < 1.29 is 33.4 Å². The average molecular weight is 539 g/mol. The molecule has 9 nitrogen and oxygen atoms in total. The summed E-state index contributed by atoms with van der Waals surface area (Å²) in [5.41, 5.74) is 0.762. The van der Waals surface area contributed by atoms with Gasteiger partial charge in [-0.05, 0) is 62.9 Å². The smallest absolute Gasteiger partial charge is 0.350 e. The molecule has 1 N–H and O–H groups in total. The van der Waals surface area contributed by atoms with Gasteiger partial charge in [0.25, 0.3) is 5.91 Å². The molecule has 3 aromatic rings. The van der Waals surface area contributed by atoms with Gasteiger partial charge in [0.1, 0.15) is 16.4 Å². The summed E-state index contributed by atoms with van der Waals surface area (Å²) in [4.78, 5) is 45.4. The molecule has 0 aliphatic carbocycles. The van der Waals surface area contributed by atoms with Crippen molar-refractivity contribution >= 4 is 34.1 Å². The fourth-order valence-electron chi connectivity index (χ4n) is 4.10. The van der Waals surface area contributed by atoms with Gasteiger partial charge >= 0.3 is 5.97 Å². The number of carbonyl (C=O) groups is 3. The molecule has 10 heteroatoms. The first kappa shape index (κ1) is 27.1. The van der Waals surface area contributed by atoms with E-state index in [0.29, 0.717) is 35.3 Å².